The van der Waals surface area contributed by atoms with Crippen LogP contribution in [0.5, 0.6) is 5.75 Å². The highest BCUT2D eigenvalue weighted by Crippen LogP contribution is 2.08. The van der Waals surface area contributed by atoms with Crippen LogP contribution in [0.3, 0.4) is 0 Å². The topological polar surface area (TPSA) is 26.3 Å². The molecule has 2 nitrogen and oxygen atoms in total. The molecular formula is C14H16O2. The molecule has 0 aliphatic heterocycles. The van der Waals surface area contributed by atoms with Crippen molar-refractivity contribution < 1.29 is 9.53 Å². The van der Waals surface area contributed by atoms with E-state index in [4.69, 9.17) is 4.74 Å². The van der Waals surface area contributed by atoms with Crippen LogP contribution in [0.25, 0.3) is 0 Å². The lowest BCUT2D eigenvalue weighted by Crippen LogP contribution is -2.05. The van der Waals surface area contributed by atoms with Gasteiger partial charge in [-0.3, -0.25) is 4.79 Å². The molecule has 0 aromatic heterocycles. The van der Waals surface area contributed by atoms with E-state index >= 15 is 0 Å². The maximum absolute atomic E-state index is 11.4. The Labute approximate surface area is 96.6 Å². The van der Waals surface area contributed by atoms with E-state index in [9.17, 15) is 4.79 Å². The van der Waals surface area contributed by atoms with E-state index in [2.05, 4.69) is 11.8 Å². The fraction of sp³-hybridized carbons (Fsp3) is 0.357. The summed E-state index contributed by atoms with van der Waals surface area (Å²) in [6, 6.07) is 9.52. The number of para-hydroxylation sites is 1. The number of Topliss-reactive ketones (excluding diaryl/α,β-unsaturated/α-hetero) is 1. The molecule has 0 bridgehead atoms. The normalized spacial score (nSPS) is 9.06. The molecule has 0 amide bonds. The zero-order chi connectivity index (χ0) is 11.6. The van der Waals surface area contributed by atoms with Gasteiger partial charge in [0.2, 0.25) is 0 Å². The zero-order valence-electron chi connectivity index (χ0n) is 9.53. The van der Waals surface area contributed by atoms with Crippen LogP contribution in [0.15, 0.2) is 30.3 Å². The molecule has 0 aliphatic carbocycles. The lowest BCUT2D eigenvalue weighted by molar-refractivity contribution is -0.119. The zero-order valence-corrected chi connectivity index (χ0v) is 9.53. The summed E-state index contributed by atoms with van der Waals surface area (Å²) in [5, 5.41) is 0. The summed E-state index contributed by atoms with van der Waals surface area (Å²) in [5.74, 6) is 6.66. The Bertz CT molecular complexity index is 371. The number of hydrogen-bond acceptors (Lipinski definition) is 2. The van der Waals surface area contributed by atoms with Crippen LogP contribution in [-0.2, 0) is 4.79 Å². The van der Waals surface area contributed by atoms with Crippen molar-refractivity contribution in [3.05, 3.63) is 30.3 Å². The molecule has 0 N–H and O–H groups in total. The molecule has 0 spiro atoms. The first kappa shape index (κ1) is 12.3. The number of benzene rings is 1. The van der Waals surface area contributed by atoms with Crippen molar-refractivity contribution in [2.24, 2.45) is 0 Å². The largest absolute Gasteiger partial charge is 0.493 e. The number of carbonyl (C=O) groups excluding carboxylic acids is 1. The van der Waals surface area contributed by atoms with E-state index in [-0.39, 0.29) is 5.78 Å². The average molecular weight is 216 g/mol. The monoisotopic (exact) mass is 216 g/mol. The summed E-state index contributed by atoms with van der Waals surface area (Å²) in [6.07, 6.45) is 1.64. The van der Waals surface area contributed by atoms with Crippen molar-refractivity contribution in [1.29, 1.82) is 0 Å². The van der Waals surface area contributed by atoms with Gasteiger partial charge >= 0.3 is 0 Å². The van der Waals surface area contributed by atoms with E-state index in [1.807, 2.05) is 30.3 Å². The maximum atomic E-state index is 11.4. The third-order valence-corrected chi connectivity index (χ3v) is 2.10. The quantitative estimate of drug-likeness (QED) is 0.683. The third kappa shape index (κ3) is 5.21. The number of hydrogen-bond donors (Lipinski definition) is 0. The molecule has 2 heteroatoms. The van der Waals surface area contributed by atoms with Crippen molar-refractivity contribution in [1.82, 2.24) is 0 Å². The minimum Gasteiger partial charge on any atom is -0.493 e. The molecule has 0 radical (unpaired) electrons. The molecule has 84 valence electrons. The fourth-order valence-corrected chi connectivity index (χ4v) is 1.25. The summed E-state index contributed by atoms with van der Waals surface area (Å²) in [7, 11) is 0. The fourth-order valence-electron chi connectivity index (χ4n) is 1.25. The van der Waals surface area contributed by atoms with Crippen LogP contribution >= 0.6 is 0 Å². The number of carbonyl (C=O) groups is 1. The Morgan fingerprint density at radius 1 is 1.25 bits per heavy atom. The Balaban J connectivity index is 2.15. The van der Waals surface area contributed by atoms with Crippen LogP contribution in [-0.4, -0.2) is 12.4 Å². The Morgan fingerprint density at radius 2 is 2.00 bits per heavy atom. The van der Waals surface area contributed by atoms with Crippen molar-refractivity contribution in [3.8, 4) is 17.6 Å². The van der Waals surface area contributed by atoms with Gasteiger partial charge in [0.15, 0.2) is 0 Å². The molecule has 0 aliphatic rings. The summed E-state index contributed by atoms with van der Waals surface area (Å²) in [5.41, 5.74) is 0. The van der Waals surface area contributed by atoms with Crippen LogP contribution in [0.2, 0.25) is 0 Å². The first-order valence-corrected chi connectivity index (χ1v) is 5.42. The predicted molar refractivity (Wildman–Crippen MR) is 64.2 cm³/mol. The predicted octanol–water partition coefficient (Wildman–Crippen LogP) is 2.83. The van der Waals surface area contributed by atoms with Gasteiger partial charge in [0.25, 0.3) is 0 Å². The van der Waals surface area contributed by atoms with Crippen LogP contribution in [0, 0.1) is 11.8 Å². The second-order valence-corrected chi connectivity index (χ2v) is 3.38. The van der Waals surface area contributed by atoms with Crippen molar-refractivity contribution in [2.75, 3.05) is 6.61 Å². The van der Waals surface area contributed by atoms with E-state index in [1.54, 1.807) is 6.92 Å². The average Bonchev–Trinajstić information content (AvgIpc) is 2.31. The molecule has 0 saturated carbocycles. The Kier molecular flexibility index (Phi) is 5.80. The SMILES string of the molecule is CC#CCCC(=O)CCOc1ccccc1. The van der Waals surface area contributed by atoms with Gasteiger partial charge in [-0.2, -0.15) is 0 Å². The van der Waals surface area contributed by atoms with Crippen LogP contribution in [0.4, 0.5) is 0 Å². The highest BCUT2D eigenvalue weighted by molar-refractivity contribution is 5.78. The van der Waals surface area contributed by atoms with E-state index in [0.29, 0.717) is 25.9 Å². The lowest BCUT2D eigenvalue weighted by atomic mass is 10.2. The van der Waals surface area contributed by atoms with Gasteiger partial charge in [0.05, 0.1) is 6.61 Å². The van der Waals surface area contributed by atoms with Gasteiger partial charge in [-0.15, -0.1) is 11.8 Å². The molecule has 0 atom stereocenters. The lowest BCUT2D eigenvalue weighted by Gasteiger charge is -2.04. The van der Waals surface area contributed by atoms with Gasteiger partial charge in [-0.05, 0) is 19.1 Å². The molecule has 1 aromatic rings. The van der Waals surface area contributed by atoms with Crippen molar-refractivity contribution >= 4 is 5.78 Å². The molecular weight excluding hydrogens is 200 g/mol. The van der Waals surface area contributed by atoms with Crippen molar-refractivity contribution in [3.63, 3.8) is 0 Å². The standard InChI is InChI=1S/C14H16O2/c1-2-3-5-8-13(15)11-12-16-14-9-6-4-7-10-14/h4,6-7,9-10H,5,8,11-12H2,1H3. The molecule has 0 saturated heterocycles. The molecule has 0 heterocycles. The minimum absolute atomic E-state index is 0.207. The molecule has 1 rings (SSSR count). The van der Waals surface area contributed by atoms with E-state index in [0.717, 1.165) is 5.75 Å². The van der Waals surface area contributed by atoms with E-state index in [1.165, 1.54) is 0 Å². The van der Waals surface area contributed by atoms with Crippen LogP contribution < -0.4 is 4.74 Å². The smallest absolute Gasteiger partial charge is 0.137 e. The molecule has 16 heavy (non-hydrogen) atoms. The second-order valence-electron chi connectivity index (χ2n) is 3.38. The highest BCUT2D eigenvalue weighted by Gasteiger charge is 2.01. The van der Waals surface area contributed by atoms with Gasteiger partial charge in [-0.1, -0.05) is 18.2 Å². The Hall–Kier alpha value is -1.75. The number of ketones is 1. The van der Waals surface area contributed by atoms with Crippen LogP contribution in [0.1, 0.15) is 26.2 Å². The Morgan fingerprint density at radius 3 is 2.69 bits per heavy atom. The summed E-state index contributed by atoms with van der Waals surface area (Å²) in [4.78, 5) is 11.4. The maximum Gasteiger partial charge on any atom is 0.137 e. The minimum atomic E-state index is 0.207. The number of ether oxygens (including phenoxy) is 1. The molecule has 0 unspecified atom stereocenters. The molecule has 1 aromatic carbocycles. The summed E-state index contributed by atoms with van der Waals surface area (Å²) < 4.78 is 5.43. The van der Waals surface area contributed by atoms with Gasteiger partial charge in [-0.25, -0.2) is 0 Å². The second kappa shape index (κ2) is 7.53. The third-order valence-electron chi connectivity index (χ3n) is 2.10. The molecule has 0 fully saturated rings. The summed E-state index contributed by atoms with van der Waals surface area (Å²) >= 11 is 0. The van der Waals surface area contributed by atoms with Gasteiger partial charge < -0.3 is 4.74 Å². The van der Waals surface area contributed by atoms with Crippen molar-refractivity contribution in [2.45, 2.75) is 26.2 Å². The van der Waals surface area contributed by atoms with Gasteiger partial charge in [0.1, 0.15) is 11.5 Å². The number of rotatable bonds is 6. The first-order valence-electron chi connectivity index (χ1n) is 5.42. The van der Waals surface area contributed by atoms with E-state index < -0.39 is 0 Å². The first-order chi connectivity index (χ1) is 7.83. The highest BCUT2D eigenvalue weighted by atomic mass is 16.5. The summed E-state index contributed by atoms with van der Waals surface area (Å²) in [6.45, 7) is 2.23. The van der Waals surface area contributed by atoms with Gasteiger partial charge in [0, 0.05) is 19.3 Å².